The molecule has 0 atom stereocenters. The SMILES string of the molecule is CC=CCCC1OCC(c2ccc(-c3ccc(-c4ccc(OCCCC)c(F)c4F)cc3)c(F)c2)CO1. The molecule has 0 unspecified atom stereocenters. The molecule has 0 aromatic heterocycles. The molecule has 196 valence electrons. The van der Waals surface area contributed by atoms with E-state index in [1.165, 1.54) is 18.2 Å². The Labute approximate surface area is 216 Å². The second kappa shape index (κ2) is 12.9. The van der Waals surface area contributed by atoms with E-state index in [0.717, 1.165) is 31.2 Å². The van der Waals surface area contributed by atoms with E-state index in [1.54, 1.807) is 30.3 Å². The van der Waals surface area contributed by atoms with Gasteiger partial charge in [-0.25, -0.2) is 8.78 Å². The maximum absolute atomic E-state index is 15.1. The van der Waals surface area contributed by atoms with Crippen LogP contribution in [0.2, 0.25) is 0 Å². The second-order valence-corrected chi connectivity index (χ2v) is 9.20. The van der Waals surface area contributed by atoms with Gasteiger partial charge in [-0.1, -0.05) is 61.9 Å². The van der Waals surface area contributed by atoms with Crippen molar-refractivity contribution in [2.75, 3.05) is 19.8 Å². The van der Waals surface area contributed by atoms with Gasteiger partial charge in [0.2, 0.25) is 5.82 Å². The second-order valence-electron chi connectivity index (χ2n) is 9.20. The average molecular weight is 511 g/mol. The number of ether oxygens (including phenoxy) is 3. The summed E-state index contributed by atoms with van der Waals surface area (Å²) in [5.41, 5.74) is 2.53. The van der Waals surface area contributed by atoms with Crippen molar-refractivity contribution in [3.63, 3.8) is 0 Å². The molecule has 0 amide bonds. The largest absolute Gasteiger partial charge is 0.490 e. The van der Waals surface area contributed by atoms with Crippen molar-refractivity contribution in [2.45, 2.75) is 51.7 Å². The van der Waals surface area contributed by atoms with Gasteiger partial charge in [0.25, 0.3) is 0 Å². The molecule has 1 aliphatic rings. The van der Waals surface area contributed by atoms with Gasteiger partial charge in [-0.2, -0.15) is 4.39 Å². The van der Waals surface area contributed by atoms with Crippen LogP contribution < -0.4 is 4.74 Å². The van der Waals surface area contributed by atoms with E-state index in [0.29, 0.717) is 36.5 Å². The average Bonchev–Trinajstić information content (AvgIpc) is 2.92. The third kappa shape index (κ3) is 6.62. The Kier molecular flexibility index (Phi) is 9.42. The molecule has 1 aliphatic heterocycles. The van der Waals surface area contributed by atoms with Crippen molar-refractivity contribution in [3.05, 3.63) is 89.8 Å². The van der Waals surface area contributed by atoms with Crippen molar-refractivity contribution in [3.8, 4) is 28.0 Å². The summed E-state index contributed by atoms with van der Waals surface area (Å²) in [7, 11) is 0. The fourth-order valence-electron chi connectivity index (χ4n) is 4.34. The fraction of sp³-hybridized carbons (Fsp3) is 0.355. The number of hydrogen-bond donors (Lipinski definition) is 0. The van der Waals surface area contributed by atoms with E-state index in [9.17, 15) is 8.78 Å². The van der Waals surface area contributed by atoms with Crippen LogP contribution in [-0.4, -0.2) is 26.1 Å². The van der Waals surface area contributed by atoms with Crippen LogP contribution in [0.25, 0.3) is 22.3 Å². The molecule has 0 spiro atoms. The predicted molar refractivity (Wildman–Crippen MR) is 140 cm³/mol. The highest BCUT2D eigenvalue weighted by Crippen LogP contribution is 2.33. The van der Waals surface area contributed by atoms with Gasteiger partial charge in [0.15, 0.2) is 17.9 Å². The van der Waals surface area contributed by atoms with E-state index in [4.69, 9.17) is 14.2 Å². The normalized spacial score (nSPS) is 17.9. The molecule has 1 saturated heterocycles. The van der Waals surface area contributed by atoms with E-state index in [-0.39, 0.29) is 29.3 Å². The summed E-state index contributed by atoms with van der Waals surface area (Å²) < 4.78 is 61.2. The molecule has 3 aromatic rings. The van der Waals surface area contributed by atoms with Crippen LogP contribution in [0.3, 0.4) is 0 Å². The van der Waals surface area contributed by atoms with Crippen LogP contribution in [0.1, 0.15) is 51.0 Å². The minimum atomic E-state index is -1.00. The summed E-state index contributed by atoms with van der Waals surface area (Å²) in [6, 6.07) is 14.8. The predicted octanol–water partition coefficient (Wildman–Crippen LogP) is 8.43. The molecule has 6 heteroatoms. The van der Waals surface area contributed by atoms with Crippen molar-refractivity contribution in [1.29, 1.82) is 0 Å². The van der Waals surface area contributed by atoms with Crippen LogP contribution in [-0.2, 0) is 9.47 Å². The quantitative estimate of drug-likeness (QED) is 0.202. The van der Waals surface area contributed by atoms with E-state index in [1.807, 2.05) is 26.0 Å². The molecule has 0 bridgehead atoms. The molecule has 0 N–H and O–H groups in total. The maximum Gasteiger partial charge on any atom is 0.201 e. The van der Waals surface area contributed by atoms with Crippen molar-refractivity contribution >= 4 is 0 Å². The number of unbranched alkanes of at least 4 members (excludes halogenated alkanes) is 1. The minimum absolute atomic E-state index is 0.0318. The van der Waals surface area contributed by atoms with E-state index >= 15 is 4.39 Å². The number of halogens is 3. The Bertz CT molecular complexity index is 1200. The Hall–Kier alpha value is -3.09. The lowest BCUT2D eigenvalue weighted by molar-refractivity contribution is -0.189. The fourth-order valence-corrected chi connectivity index (χ4v) is 4.34. The summed E-state index contributed by atoms with van der Waals surface area (Å²) >= 11 is 0. The van der Waals surface area contributed by atoms with Gasteiger partial charge in [0, 0.05) is 23.5 Å². The van der Waals surface area contributed by atoms with Crippen LogP contribution >= 0.6 is 0 Å². The first kappa shape index (κ1) is 27.0. The zero-order chi connectivity index (χ0) is 26.2. The zero-order valence-electron chi connectivity index (χ0n) is 21.3. The Morgan fingerprint density at radius 3 is 2.22 bits per heavy atom. The lowest BCUT2D eigenvalue weighted by Gasteiger charge is -2.29. The van der Waals surface area contributed by atoms with Gasteiger partial charge in [0.05, 0.1) is 19.8 Å². The van der Waals surface area contributed by atoms with Crippen molar-refractivity contribution in [1.82, 2.24) is 0 Å². The van der Waals surface area contributed by atoms with Crippen molar-refractivity contribution in [2.24, 2.45) is 0 Å². The highest BCUT2D eigenvalue weighted by molar-refractivity contribution is 5.71. The number of benzene rings is 3. The standard InChI is InChI=1S/C31H33F3O3/c1-3-5-7-8-29-36-19-24(20-37-29)23-13-14-25(27(32)18-23)21-9-11-22(12-10-21)26-15-16-28(31(34)30(26)33)35-17-6-4-2/h3,5,9-16,18,24,29H,4,6-8,17,19-20H2,1-2H3. The third-order valence-corrected chi connectivity index (χ3v) is 6.55. The first-order chi connectivity index (χ1) is 18.0. The van der Waals surface area contributed by atoms with Crippen LogP contribution in [0, 0.1) is 17.5 Å². The summed E-state index contributed by atoms with van der Waals surface area (Å²) in [6.07, 6.45) is 7.22. The summed E-state index contributed by atoms with van der Waals surface area (Å²) in [4.78, 5) is 0. The van der Waals surface area contributed by atoms with Gasteiger partial charge >= 0.3 is 0 Å². The highest BCUT2D eigenvalue weighted by Gasteiger charge is 2.24. The first-order valence-corrected chi connectivity index (χ1v) is 12.9. The van der Waals surface area contributed by atoms with Gasteiger partial charge in [-0.3, -0.25) is 0 Å². The number of rotatable bonds is 10. The molecule has 0 aliphatic carbocycles. The van der Waals surface area contributed by atoms with Gasteiger partial charge < -0.3 is 14.2 Å². The number of allylic oxidation sites excluding steroid dienone is 2. The Morgan fingerprint density at radius 1 is 0.892 bits per heavy atom. The van der Waals surface area contributed by atoms with Gasteiger partial charge in [-0.05, 0) is 54.7 Å². The molecular formula is C31H33F3O3. The zero-order valence-corrected chi connectivity index (χ0v) is 21.3. The molecule has 1 heterocycles. The van der Waals surface area contributed by atoms with E-state index < -0.39 is 11.6 Å². The summed E-state index contributed by atoms with van der Waals surface area (Å²) in [5.74, 6) is -2.44. The van der Waals surface area contributed by atoms with Crippen LogP contribution in [0.15, 0.2) is 66.7 Å². The topological polar surface area (TPSA) is 27.7 Å². The molecule has 0 radical (unpaired) electrons. The lowest BCUT2D eigenvalue weighted by atomic mass is 9.95. The number of hydrogen-bond acceptors (Lipinski definition) is 3. The Morgan fingerprint density at radius 2 is 1.57 bits per heavy atom. The molecule has 4 rings (SSSR count). The maximum atomic E-state index is 15.1. The molecule has 3 aromatic carbocycles. The monoisotopic (exact) mass is 510 g/mol. The lowest BCUT2D eigenvalue weighted by Crippen LogP contribution is -2.30. The molecule has 37 heavy (non-hydrogen) atoms. The van der Waals surface area contributed by atoms with Crippen LogP contribution in [0.4, 0.5) is 13.2 Å². The van der Waals surface area contributed by atoms with E-state index in [2.05, 4.69) is 6.08 Å². The summed E-state index contributed by atoms with van der Waals surface area (Å²) in [5, 5.41) is 0. The Balaban J connectivity index is 1.43. The highest BCUT2D eigenvalue weighted by atomic mass is 19.2. The van der Waals surface area contributed by atoms with Gasteiger partial charge in [0.1, 0.15) is 5.82 Å². The first-order valence-electron chi connectivity index (χ1n) is 12.9. The van der Waals surface area contributed by atoms with Crippen LogP contribution in [0.5, 0.6) is 5.75 Å². The molecular weight excluding hydrogens is 477 g/mol. The molecule has 3 nitrogen and oxygen atoms in total. The van der Waals surface area contributed by atoms with Gasteiger partial charge in [-0.15, -0.1) is 0 Å². The minimum Gasteiger partial charge on any atom is -0.490 e. The van der Waals surface area contributed by atoms with Crippen molar-refractivity contribution < 1.29 is 27.4 Å². The smallest absolute Gasteiger partial charge is 0.201 e. The molecule has 0 saturated carbocycles. The summed E-state index contributed by atoms with van der Waals surface area (Å²) in [6.45, 7) is 5.28. The third-order valence-electron chi connectivity index (χ3n) is 6.55. The molecule has 1 fully saturated rings.